The molecule has 1 rings (SSSR count). The molecule has 0 fully saturated rings. The zero-order valence-corrected chi connectivity index (χ0v) is 7.48. The van der Waals surface area contributed by atoms with Crippen molar-refractivity contribution in [3.05, 3.63) is 42.5 Å². The molecule has 13 heavy (non-hydrogen) atoms. The Morgan fingerprint density at radius 1 is 1.23 bits per heavy atom. The van der Waals surface area contributed by atoms with Crippen LogP contribution in [-0.2, 0) is 6.42 Å². The van der Waals surface area contributed by atoms with Gasteiger partial charge in [-0.3, -0.25) is 0 Å². The molecule has 0 aliphatic rings. The van der Waals surface area contributed by atoms with E-state index in [2.05, 4.69) is 6.58 Å². The summed E-state index contributed by atoms with van der Waals surface area (Å²) in [5.41, 5.74) is 1.71. The number of benzene rings is 1. The molecule has 0 unspecified atom stereocenters. The fourth-order valence-electron chi connectivity index (χ4n) is 1.13. The molecule has 0 aliphatic carbocycles. The summed E-state index contributed by atoms with van der Waals surface area (Å²) in [6.45, 7) is 3.64. The summed E-state index contributed by atoms with van der Waals surface area (Å²) in [5.74, 6) is 0. The smallest absolute Gasteiger partial charge is 0.423 e. The second-order valence-electron chi connectivity index (χ2n) is 2.94. The summed E-state index contributed by atoms with van der Waals surface area (Å²) in [5, 5.41) is 17.7. The summed E-state index contributed by atoms with van der Waals surface area (Å²) >= 11 is 0. The Kier molecular flexibility index (Phi) is 3.74. The van der Waals surface area contributed by atoms with Crippen molar-refractivity contribution in [3.8, 4) is 0 Å². The third kappa shape index (κ3) is 3.05. The van der Waals surface area contributed by atoms with Gasteiger partial charge in [0.1, 0.15) is 0 Å². The van der Waals surface area contributed by atoms with E-state index in [-0.39, 0.29) is 0 Å². The van der Waals surface area contributed by atoms with Gasteiger partial charge >= 0.3 is 7.12 Å². The molecule has 0 aliphatic heterocycles. The van der Waals surface area contributed by atoms with Gasteiger partial charge in [-0.25, -0.2) is 0 Å². The molecule has 2 nitrogen and oxygen atoms in total. The number of hydrogen-bond acceptors (Lipinski definition) is 2. The zero-order chi connectivity index (χ0) is 9.68. The molecule has 3 heteroatoms. The van der Waals surface area contributed by atoms with Crippen molar-refractivity contribution in [1.82, 2.24) is 0 Å². The highest BCUT2D eigenvalue weighted by atomic mass is 16.4. The van der Waals surface area contributed by atoms with Gasteiger partial charge in [0.15, 0.2) is 0 Å². The van der Waals surface area contributed by atoms with Crippen LogP contribution in [0.3, 0.4) is 0 Å². The van der Waals surface area contributed by atoms with Crippen LogP contribution >= 0.6 is 0 Å². The Balaban J connectivity index is 2.64. The molecule has 0 amide bonds. The third-order valence-electron chi connectivity index (χ3n) is 1.91. The van der Waals surface area contributed by atoms with Gasteiger partial charge in [0.2, 0.25) is 0 Å². The van der Waals surface area contributed by atoms with Gasteiger partial charge in [0.05, 0.1) is 0 Å². The van der Waals surface area contributed by atoms with Crippen molar-refractivity contribution in [2.45, 2.75) is 12.8 Å². The van der Waals surface area contributed by atoms with E-state index < -0.39 is 7.12 Å². The van der Waals surface area contributed by atoms with Crippen molar-refractivity contribution in [2.24, 2.45) is 0 Å². The molecular formula is C10H13BO2. The highest BCUT2D eigenvalue weighted by molar-refractivity contribution is 6.58. The van der Waals surface area contributed by atoms with Crippen LogP contribution in [0.5, 0.6) is 0 Å². The molecule has 0 saturated carbocycles. The fourth-order valence-corrected chi connectivity index (χ4v) is 1.13. The largest absolute Gasteiger partial charge is 0.488 e. The first-order valence-electron chi connectivity index (χ1n) is 4.30. The summed E-state index contributed by atoms with van der Waals surface area (Å²) in [7, 11) is -1.37. The lowest BCUT2D eigenvalue weighted by molar-refractivity contribution is 0.426. The van der Waals surface area contributed by atoms with Crippen molar-refractivity contribution in [3.63, 3.8) is 0 Å². The van der Waals surface area contributed by atoms with Gasteiger partial charge < -0.3 is 10.0 Å². The van der Waals surface area contributed by atoms with E-state index in [1.54, 1.807) is 12.1 Å². The molecule has 0 bridgehead atoms. The van der Waals surface area contributed by atoms with Crippen LogP contribution in [0.1, 0.15) is 12.0 Å². The van der Waals surface area contributed by atoms with E-state index in [9.17, 15) is 0 Å². The number of hydrogen-bond donors (Lipinski definition) is 2. The van der Waals surface area contributed by atoms with Crippen LogP contribution in [0.15, 0.2) is 36.9 Å². The van der Waals surface area contributed by atoms with Crippen LogP contribution in [0.4, 0.5) is 0 Å². The first-order valence-corrected chi connectivity index (χ1v) is 4.30. The van der Waals surface area contributed by atoms with Gasteiger partial charge in [0.25, 0.3) is 0 Å². The maximum absolute atomic E-state index is 8.83. The van der Waals surface area contributed by atoms with Crippen LogP contribution < -0.4 is 5.46 Å². The van der Waals surface area contributed by atoms with E-state index in [0.29, 0.717) is 5.46 Å². The van der Waals surface area contributed by atoms with E-state index in [1.807, 2.05) is 18.2 Å². The third-order valence-corrected chi connectivity index (χ3v) is 1.91. The van der Waals surface area contributed by atoms with Crippen molar-refractivity contribution >= 4 is 12.6 Å². The fraction of sp³-hybridized carbons (Fsp3) is 0.200. The lowest BCUT2D eigenvalue weighted by Crippen LogP contribution is -2.29. The highest BCUT2D eigenvalue weighted by Crippen LogP contribution is 2.01. The summed E-state index contributed by atoms with van der Waals surface area (Å²) in [6.07, 6.45) is 3.77. The minimum atomic E-state index is -1.37. The second kappa shape index (κ2) is 4.85. The van der Waals surface area contributed by atoms with Gasteiger partial charge in [-0.1, -0.05) is 30.3 Å². The van der Waals surface area contributed by atoms with Crippen molar-refractivity contribution in [2.75, 3.05) is 0 Å². The predicted molar refractivity (Wildman–Crippen MR) is 54.8 cm³/mol. The SMILES string of the molecule is C=CCCc1ccc(B(O)O)cc1. The Bertz CT molecular complexity index is 267. The molecule has 0 aromatic heterocycles. The monoisotopic (exact) mass is 176 g/mol. The number of aryl methyl sites for hydroxylation is 1. The molecule has 1 aromatic rings. The van der Waals surface area contributed by atoms with Gasteiger partial charge in [0, 0.05) is 0 Å². The Morgan fingerprint density at radius 2 is 1.85 bits per heavy atom. The van der Waals surface area contributed by atoms with Crippen LogP contribution in [0.25, 0.3) is 0 Å². The molecule has 2 N–H and O–H groups in total. The average molecular weight is 176 g/mol. The number of rotatable bonds is 4. The van der Waals surface area contributed by atoms with Crippen LogP contribution in [0.2, 0.25) is 0 Å². The average Bonchev–Trinajstić information content (AvgIpc) is 2.15. The molecular weight excluding hydrogens is 163 g/mol. The normalized spacial score (nSPS) is 9.69. The Hall–Kier alpha value is -1.06. The molecule has 0 heterocycles. The minimum absolute atomic E-state index is 0.530. The topological polar surface area (TPSA) is 40.5 Å². The molecule has 1 aromatic carbocycles. The molecule has 0 radical (unpaired) electrons. The maximum Gasteiger partial charge on any atom is 0.488 e. The lowest BCUT2D eigenvalue weighted by Gasteiger charge is -2.01. The second-order valence-corrected chi connectivity index (χ2v) is 2.94. The quantitative estimate of drug-likeness (QED) is 0.517. The molecule has 0 atom stereocenters. The Labute approximate surface area is 78.7 Å². The summed E-state index contributed by atoms with van der Waals surface area (Å²) in [6, 6.07) is 7.25. The Morgan fingerprint density at radius 3 is 2.31 bits per heavy atom. The van der Waals surface area contributed by atoms with Crippen LogP contribution in [-0.4, -0.2) is 17.2 Å². The van der Waals surface area contributed by atoms with Gasteiger partial charge in [-0.05, 0) is 23.9 Å². The van der Waals surface area contributed by atoms with E-state index in [4.69, 9.17) is 10.0 Å². The highest BCUT2D eigenvalue weighted by Gasteiger charge is 2.09. The predicted octanol–water partition coefficient (Wildman–Crippen LogP) is 0.485. The first kappa shape index (κ1) is 10.0. The van der Waals surface area contributed by atoms with E-state index >= 15 is 0 Å². The summed E-state index contributed by atoms with van der Waals surface area (Å²) < 4.78 is 0. The zero-order valence-electron chi connectivity index (χ0n) is 7.48. The molecule has 0 saturated heterocycles. The van der Waals surface area contributed by atoms with Gasteiger partial charge in [-0.15, -0.1) is 6.58 Å². The molecule has 0 spiro atoms. The maximum atomic E-state index is 8.83. The lowest BCUT2D eigenvalue weighted by atomic mass is 9.80. The van der Waals surface area contributed by atoms with Crippen molar-refractivity contribution in [1.29, 1.82) is 0 Å². The van der Waals surface area contributed by atoms with E-state index in [0.717, 1.165) is 12.8 Å². The minimum Gasteiger partial charge on any atom is -0.423 e. The standard InChI is InChI=1S/C10H13BO2/c1-2-3-4-9-5-7-10(8-6-9)11(12)13/h2,5-8,12-13H,1,3-4H2. The van der Waals surface area contributed by atoms with Crippen LogP contribution in [0, 0.1) is 0 Å². The van der Waals surface area contributed by atoms with E-state index in [1.165, 1.54) is 5.56 Å². The first-order chi connectivity index (χ1) is 6.24. The summed E-state index contributed by atoms with van der Waals surface area (Å²) in [4.78, 5) is 0. The van der Waals surface area contributed by atoms with Crippen molar-refractivity contribution < 1.29 is 10.0 Å². The molecule has 68 valence electrons. The number of allylic oxidation sites excluding steroid dienone is 1. The van der Waals surface area contributed by atoms with Gasteiger partial charge in [-0.2, -0.15) is 0 Å².